The van der Waals surface area contributed by atoms with E-state index in [-0.39, 0.29) is 17.5 Å². The number of nitriles is 1. The second-order valence-electron chi connectivity index (χ2n) is 6.55. The first-order valence-corrected chi connectivity index (χ1v) is 8.21. The van der Waals surface area contributed by atoms with Crippen molar-refractivity contribution in [3.63, 3.8) is 0 Å². The number of hydrogen-bond donors (Lipinski definition) is 1. The van der Waals surface area contributed by atoms with Gasteiger partial charge in [0.15, 0.2) is 0 Å². The summed E-state index contributed by atoms with van der Waals surface area (Å²) < 4.78 is 2.38. The van der Waals surface area contributed by atoms with E-state index in [1.165, 1.54) is 31.4 Å². The smallest absolute Gasteiger partial charge is 0.262 e. The second kappa shape index (κ2) is 6.00. The molecule has 2 aliphatic carbocycles. The van der Waals surface area contributed by atoms with Crippen LogP contribution in [0.1, 0.15) is 61.5 Å². The Kier molecular flexibility index (Phi) is 4.06. The number of nitrogens with one attached hydrogen (secondary N) is 1. The van der Waals surface area contributed by atoms with Crippen LogP contribution < -0.4 is 5.32 Å². The quantitative estimate of drug-likeness (QED) is 0.684. The molecule has 3 rings (SSSR count). The van der Waals surface area contributed by atoms with E-state index in [9.17, 15) is 10.1 Å². The average Bonchev–Trinajstić information content (AvgIpc) is 3.05. The highest BCUT2D eigenvalue weighted by molar-refractivity contribution is 6.02. The van der Waals surface area contributed by atoms with Crippen molar-refractivity contribution in [1.82, 2.24) is 9.88 Å². The zero-order valence-corrected chi connectivity index (χ0v) is 13.4. The van der Waals surface area contributed by atoms with E-state index < -0.39 is 0 Å². The van der Waals surface area contributed by atoms with Gasteiger partial charge in [0.2, 0.25) is 0 Å². The molecule has 0 saturated heterocycles. The summed E-state index contributed by atoms with van der Waals surface area (Å²) in [6.45, 7) is 4.20. The van der Waals surface area contributed by atoms with E-state index in [0.29, 0.717) is 6.04 Å². The van der Waals surface area contributed by atoms with Gasteiger partial charge in [-0.15, -0.1) is 0 Å². The lowest BCUT2D eigenvalue weighted by Crippen LogP contribution is -2.26. The van der Waals surface area contributed by atoms with Gasteiger partial charge in [0, 0.05) is 23.5 Å². The fourth-order valence-corrected chi connectivity index (χ4v) is 3.47. The van der Waals surface area contributed by atoms with Crippen molar-refractivity contribution >= 4 is 12.0 Å². The summed E-state index contributed by atoms with van der Waals surface area (Å²) in [5.74, 6) is -0.240. The van der Waals surface area contributed by atoms with Gasteiger partial charge in [0.05, 0.1) is 0 Å². The van der Waals surface area contributed by atoms with Crippen LogP contribution in [-0.4, -0.2) is 16.5 Å². The SMILES string of the molecule is Cc1cc(/C=C(\C#N)C(=O)NC2CC2)c(C)n1C1CCCC1. The predicted molar refractivity (Wildman–Crippen MR) is 86.2 cm³/mol. The predicted octanol–water partition coefficient (Wildman–Crippen LogP) is 3.41. The third kappa shape index (κ3) is 2.94. The lowest BCUT2D eigenvalue weighted by atomic mass is 10.1. The molecule has 0 aromatic carbocycles. The normalized spacial score (nSPS) is 19.2. The number of rotatable bonds is 4. The molecule has 22 heavy (non-hydrogen) atoms. The molecule has 0 bridgehead atoms. The van der Waals surface area contributed by atoms with Crippen molar-refractivity contribution in [2.45, 2.75) is 64.5 Å². The standard InChI is InChI=1S/C18H23N3O/c1-12-9-14(13(2)21(12)17-5-3-4-6-17)10-15(11-19)18(22)20-16-7-8-16/h9-10,16-17H,3-8H2,1-2H3,(H,20,22)/b15-10+. The minimum absolute atomic E-state index is 0.207. The number of hydrogen-bond acceptors (Lipinski definition) is 2. The van der Waals surface area contributed by atoms with Crippen molar-refractivity contribution in [3.8, 4) is 6.07 Å². The molecule has 2 fully saturated rings. The number of aromatic nitrogens is 1. The molecular formula is C18H23N3O. The monoisotopic (exact) mass is 297 g/mol. The molecule has 0 aliphatic heterocycles. The van der Waals surface area contributed by atoms with Gasteiger partial charge in [-0.25, -0.2) is 0 Å². The lowest BCUT2D eigenvalue weighted by Gasteiger charge is -2.17. The van der Waals surface area contributed by atoms with Crippen LogP contribution in [0.3, 0.4) is 0 Å². The number of amides is 1. The topological polar surface area (TPSA) is 57.8 Å². The van der Waals surface area contributed by atoms with Crippen LogP contribution in [0.25, 0.3) is 6.08 Å². The molecule has 4 nitrogen and oxygen atoms in total. The van der Waals surface area contributed by atoms with Gasteiger partial charge in [0.25, 0.3) is 5.91 Å². The fourth-order valence-electron chi connectivity index (χ4n) is 3.47. The van der Waals surface area contributed by atoms with E-state index in [4.69, 9.17) is 0 Å². The number of aryl methyl sites for hydroxylation is 1. The molecule has 116 valence electrons. The van der Waals surface area contributed by atoms with Gasteiger partial charge in [-0.05, 0) is 57.2 Å². The van der Waals surface area contributed by atoms with Gasteiger partial charge in [-0.2, -0.15) is 5.26 Å². The zero-order chi connectivity index (χ0) is 15.7. The van der Waals surface area contributed by atoms with Crippen LogP contribution in [0, 0.1) is 25.2 Å². The summed E-state index contributed by atoms with van der Waals surface area (Å²) in [6, 6.07) is 4.99. The summed E-state index contributed by atoms with van der Waals surface area (Å²) in [5, 5.41) is 12.2. The minimum atomic E-state index is -0.240. The van der Waals surface area contributed by atoms with Crippen LogP contribution >= 0.6 is 0 Å². The summed E-state index contributed by atoms with van der Waals surface area (Å²) in [7, 11) is 0. The Bertz CT molecular complexity index is 653. The molecule has 2 aliphatic rings. The average molecular weight is 297 g/mol. The van der Waals surface area contributed by atoms with Crippen molar-refractivity contribution < 1.29 is 4.79 Å². The van der Waals surface area contributed by atoms with E-state index in [1.807, 2.05) is 6.07 Å². The molecule has 2 saturated carbocycles. The Hall–Kier alpha value is -2.02. The largest absolute Gasteiger partial charge is 0.349 e. The maximum atomic E-state index is 12.1. The van der Waals surface area contributed by atoms with E-state index in [1.54, 1.807) is 6.08 Å². The van der Waals surface area contributed by atoms with Crippen molar-refractivity contribution in [3.05, 3.63) is 28.6 Å². The molecule has 1 N–H and O–H groups in total. The van der Waals surface area contributed by atoms with Gasteiger partial charge in [-0.3, -0.25) is 4.79 Å². The molecule has 0 radical (unpaired) electrons. The zero-order valence-electron chi connectivity index (χ0n) is 13.4. The van der Waals surface area contributed by atoms with E-state index in [2.05, 4.69) is 29.8 Å². The number of carbonyl (C=O) groups excluding carboxylic acids is 1. The third-order valence-electron chi connectivity index (χ3n) is 4.79. The first kappa shape index (κ1) is 14.9. The van der Waals surface area contributed by atoms with E-state index >= 15 is 0 Å². The number of nitrogens with zero attached hydrogens (tertiary/aromatic N) is 2. The van der Waals surface area contributed by atoms with Gasteiger partial charge < -0.3 is 9.88 Å². The summed E-state index contributed by atoms with van der Waals surface area (Å²) in [6.07, 6.45) is 8.84. The van der Waals surface area contributed by atoms with Crippen molar-refractivity contribution in [2.24, 2.45) is 0 Å². The van der Waals surface area contributed by atoms with Crippen LogP contribution in [0.5, 0.6) is 0 Å². The minimum Gasteiger partial charge on any atom is -0.349 e. The van der Waals surface area contributed by atoms with Crippen molar-refractivity contribution in [2.75, 3.05) is 0 Å². The molecular weight excluding hydrogens is 274 g/mol. The maximum absolute atomic E-state index is 12.1. The Balaban J connectivity index is 1.87. The molecule has 1 aromatic rings. The molecule has 4 heteroatoms. The molecule has 0 unspecified atom stereocenters. The Morgan fingerprint density at radius 1 is 1.32 bits per heavy atom. The Morgan fingerprint density at radius 2 is 2.00 bits per heavy atom. The summed E-state index contributed by atoms with van der Waals surface area (Å²) >= 11 is 0. The fraction of sp³-hybridized carbons (Fsp3) is 0.556. The van der Waals surface area contributed by atoms with Gasteiger partial charge in [-0.1, -0.05) is 12.8 Å². The molecule has 0 spiro atoms. The number of carbonyl (C=O) groups is 1. The lowest BCUT2D eigenvalue weighted by molar-refractivity contribution is -0.117. The Labute approximate surface area is 131 Å². The van der Waals surface area contributed by atoms with E-state index in [0.717, 1.165) is 24.1 Å². The second-order valence-corrected chi connectivity index (χ2v) is 6.55. The molecule has 1 heterocycles. The third-order valence-corrected chi connectivity index (χ3v) is 4.79. The molecule has 1 aromatic heterocycles. The summed E-state index contributed by atoms with van der Waals surface area (Å²) in [4.78, 5) is 12.1. The van der Waals surface area contributed by atoms with Crippen LogP contribution in [0.4, 0.5) is 0 Å². The van der Waals surface area contributed by atoms with Gasteiger partial charge >= 0.3 is 0 Å². The highest BCUT2D eigenvalue weighted by Crippen LogP contribution is 2.33. The van der Waals surface area contributed by atoms with Gasteiger partial charge in [0.1, 0.15) is 11.6 Å². The Morgan fingerprint density at radius 3 is 2.59 bits per heavy atom. The van der Waals surface area contributed by atoms with Crippen molar-refractivity contribution in [1.29, 1.82) is 5.26 Å². The first-order valence-electron chi connectivity index (χ1n) is 8.21. The van der Waals surface area contributed by atoms with Crippen LogP contribution in [0.2, 0.25) is 0 Å². The summed E-state index contributed by atoms with van der Waals surface area (Å²) in [5.41, 5.74) is 3.58. The highest BCUT2D eigenvalue weighted by atomic mass is 16.1. The highest BCUT2D eigenvalue weighted by Gasteiger charge is 2.25. The van der Waals surface area contributed by atoms with Crippen LogP contribution in [0.15, 0.2) is 11.6 Å². The maximum Gasteiger partial charge on any atom is 0.262 e. The molecule has 1 amide bonds. The first-order chi connectivity index (χ1) is 10.6. The van der Waals surface area contributed by atoms with Crippen LogP contribution in [-0.2, 0) is 4.79 Å². The molecule has 0 atom stereocenters.